The number of anilines is 1. The molecule has 0 unspecified atom stereocenters. The summed E-state index contributed by atoms with van der Waals surface area (Å²) in [7, 11) is 1.93. The molecule has 2 aromatic carbocycles. The van der Waals surface area contributed by atoms with Crippen molar-refractivity contribution in [1.82, 2.24) is 4.90 Å². The minimum absolute atomic E-state index is 0.317. The lowest BCUT2D eigenvalue weighted by atomic mass is 10.1. The molecule has 0 N–H and O–H groups in total. The van der Waals surface area contributed by atoms with Gasteiger partial charge in [-0.1, -0.05) is 40.9 Å². The average molecular weight is 413 g/mol. The maximum atomic E-state index is 11.7. The lowest BCUT2D eigenvalue weighted by Gasteiger charge is -2.21. The van der Waals surface area contributed by atoms with Crippen molar-refractivity contribution in [3.63, 3.8) is 0 Å². The molecule has 4 nitrogen and oxygen atoms in total. The highest BCUT2D eigenvalue weighted by molar-refractivity contribution is 6.35. The fourth-order valence-electron chi connectivity index (χ4n) is 2.32. The van der Waals surface area contributed by atoms with Gasteiger partial charge in [-0.25, -0.2) is 4.99 Å². The fraction of sp³-hybridized carbons (Fsp3) is 0.263. The summed E-state index contributed by atoms with van der Waals surface area (Å²) in [5.41, 5.74) is 3.05. The van der Waals surface area contributed by atoms with Crippen LogP contribution in [-0.2, 0) is 11.3 Å². The van der Waals surface area contributed by atoms with Gasteiger partial charge in [0, 0.05) is 29.3 Å². The summed E-state index contributed by atoms with van der Waals surface area (Å²) in [6.07, 6.45) is 2.49. The Kier molecular flexibility index (Phi) is 7.33. The van der Waals surface area contributed by atoms with Crippen LogP contribution >= 0.6 is 34.8 Å². The Hall–Kier alpha value is -1.75. The standard InChI is InChI=1S/C19H20Cl3N3O/c1-4-24(3)11-23-18-7-13(2)19(9-17(18)22)25(12-26)10-14-5-6-15(20)8-16(14)21/h5-9,11-12H,4,10H2,1-3H3/b23-11+. The molecular formula is C19H20Cl3N3O. The molecule has 0 aliphatic rings. The smallest absolute Gasteiger partial charge is 0.214 e. The molecule has 0 spiro atoms. The van der Waals surface area contributed by atoms with Gasteiger partial charge in [-0.3, -0.25) is 4.79 Å². The predicted octanol–water partition coefficient (Wildman–Crippen LogP) is 5.73. The van der Waals surface area contributed by atoms with E-state index in [1.54, 1.807) is 35.5 Å². The highest BCUT2D eigenvalue weighted by Crippen LogP contribution is 2.34. The Morgan fingerprint density at radius 2 is 1.85 bits per heavy atom. The van der Waals surface area contributed by atoms with Crippen LogP contribution in [0.3, 0.4) is 0 Å². The number of rotatable bonds is 7. The first kappa shape index (κ1) is 20.6. The molecular weight excluding hydrogens is 393 g/mol. The Bertz CT molecular complexity index is 824. The highest BCUT2D eigenvalue weighted by atomic mass is 35.5. The summed E-state index contributed by atoms with van der Waals surface area (Å²) < 4.78 is 0. The van der Waals surface area contributed by atoms with Gasteiger partial charge in [0.1, 0.15) is 0 Å². The lowest BCUT2D eigenvalue weighted by molar-refractivity contribution is -0.107. The molecule has 0 aromatic heterocycles. The van der Waals surface area contributed by atoms with Crippen molar-refractivity contribution in [2.24, 2.45) is 4.99 Å². The van der Waals surface area contributed by atoms with E-state index in [2.05, 4.69) is 4.99 Å². The zero-order valence-electron chi connectivity index (χ0n) is 14.8. The van der Waals surface area contributed by atoms with Crippen molar-refractivity contribution >= 4 is 58.9 Å². The molecule has 0 bridgehead atoms. The molecule has 0 radical (unpaired) electrons. The van der Waals surface area contributed by atoms with Crippen LogP contribution in [0.4, 0.5) is 11.4 Å². The second-order valence-electron chi connectivity index (χ2n) is 5.88. The zero-order valence-corrected chi connectivity index (χ0v) is 17.1. The van der Waals surface area contributed by atoms with Gasteiger partial charge in [-0.15, -0.1) is 0 Å². The zero-order chi connectivity index (χ0) is 19.3. The summed E-state index contributed by atoms with van der Waals surface area (Å²) in [4.78, 5) is 19.6. The third-order valence-electron chi connectivity index (χ3n) is 3.95. The molecule has 138 valence electrons. The summed E-state index contributed by atoms with van der Waals surface area (Å²) in [5, 5.41) is 1.53. The third kappa shape index (κ3) is 5.13. The number of hydrogen-bond donors (Lipinski definition) is 0. The second-order valence-corrected chi connectivity index (χ2v) is 7.13. The van der Waals surface area contributed by atoms with Crippen molar-refractivity contribution in [3.8, 4) is 0 Å². The van der Waals surface area contributed by atoms with Crippen molar-refractivity contribution in [3.05, 3.63) is 56.5 Å². The minimum Gasteiger partial charge on any atom is -0.366 e. The normalized spacial score (nSPS) is 11.0. The van der Waals surface area contributed by atoms with Crippen molar-refractivity contribution in [2.75, 3.05) is 18.5 Å². The molecule has 0 atom stereocenters. The van der Waals surface area contributed by atoms with Gasteiger partial charge in [0.15, 0.2) is 0 Å². The van der Waals surface area contributed by atoms with Crippen LogP contribution in [0.2, 0.25) is 15.1 Å². The molecule has 26 heavy (non-hydrogen) atoms. The van der Waals surface area contributed by atoms with Gasteiger partial charge >= 0.3 is 0 Å². The Labute approximate surface area is 169 Å². The van der Waals surface area contributed by atoms with Crippen LogP contribution in [-0.4, -0.2) is 31.2 Å². The first-order valence-electron chi connectivity index (χ1n) is 8.06. The molecule has 0 saturated heterocycles. The average Bonchev–Trinajstić information content (AvgIpc) is 2.61. The van der Waals surface area contributed by atoms with Gasteiger partial charge in [-0.05, 0) is 49.2 Å². The summed E-state index contributed by atoms with van der Waals surface area (Å²) >= 11 is 18.5. The minimum atomic E-state index is 0.317. The van der Waals surface area contributed by atoms with E-state index in [-0.39, 0.29) is 0 Å². The van der Waals surface area contributed by atoms with Crippen molar-refractivity contribution < 1.29 is 4.79 Å². The second kappa shape index (κ2) is 9.26. The van der Waals surface area contributed by atoms with Crippen LogP contribution in [0.15, 0.2) is 35.3 Å². The van der Waals surface area contributed by atoms with Gasteiger partial charge in [0.05, 0.1) is 23.6 Å². The number of carbonyl (C=O) groups is 1. The SMILES string of the molecule is CCN(C)/C=N/c1cc(C)c(N(C=O)Cc2ccc(Cl)cc2Cl)cc1Cl. The molecule has 0 aliphatic heterocycles. The number of amides is 1. The highest BCUT2D eigenvalue weighted by Gasteiger charge is 2.14. The van der Waals surface area contributed by atoms with Crippen molar-refractivity contribution in [2.45, 2.75) is 20.4 Å². The van der Waals surface area contributed by atoms with E-state index in [0.717, 1.165) is 24.1 Å². The fourth-order valence-corrected chi connectivity index (χ4v) is 2.99. The van der Waals surface area contributed by atoms with E-state index in [0.29, 0.717) is 33.0 Å². The van der Waals surface area contributed by atoms with Crippen molar-refractivity contribution in [1.29, 1.82) is 0 Å². The van der Waals surface area contributed by atoms with E-state index in [1.807, 2.05) is 31.9 Å². The summed E-state index contributed by atoms with van der Waals surface area (Å²) in [6, 6.07) is 8.81. The van der Waals surface area contributed by atoms with Crippen LogP contribution < -0.4 is 4.90 Å². The number of aryl methyl sites for hydroxylation is 1. The molecule has 1 amide bonds. The van der Waals surface area contributed by atoms with E-state index >= 15 is 0 Å². The van der Waals surface area contributed by atoms with E-state index in [1.165, 1.54) is 0 Å². The van der Waals surface area contributed by atoms with Crippen LogP contribution in [0, 0.1) is 6.92 Å². The quantitative estimate of drug-likeness (QED) is 0.331. The predicted molar refractivity (Wildman–Crippen MR) is 111 cm³/mol. The third-order valence-corrected chi connectivity index (χ3v) is 4.84. The number of nitrogens with zero attached hydrogens (tertiary/aromatic N) is 3. The largest absolute Gasteiger partial charge is 0.366 e. The lowest BCUT2D eigenvalue weighted by Crippen LogP contribution is -2.21. The summed E-state index contributed by atoms with van der Waals surface area (Å²) in [5.74, 6) is 0. The van der Waals surface area contributed by atoms with Gasteiger partial charge in [-0.2, -0.15) is 0 Å². The molecule has 2 rings (SSSR count). The van der Waals surface area contributed by atoms with Gasteiger partial charge in [0.25, 0.3) is 0 Å². The van der Waals surface area contributed by atoms with E-state index in [9.17, 15) is 4.79 Å². The van der Waals surface area contributed by atoms with Crippen LogP contribution in [0.25, 0.3) is 0 Å². The number of aliphatic imine (C=N–C) groups is 1. The number of halogens is 3. The Balaban J connectivity index is 2.31. The maximum Gasteiger partial charge on any atom is 0.214 e. The molecule has 2 aromatic rings. The molecule has 0 heterocycles. The molecule has 0 aliphatic carbocycles. The Morgan fingerprint density at radius 1 is 1.12 bits per heavy atom. The van der Waals surface area contributed by atoms with Gasteiger partial charge < -0.3 is 9.80 Å². The number of carbonyl (C=O) groups excluding carboxylic acids is 1. The van der Waals surface area contributed by atoms with E-state index in [4.69, 9.17) is 34.8 Å². The summed E-state index contributed by atoms with van der Waals surface area (Å²) in [6.45, 7) is 5.11. The molecule has 0 fully saturated rings. The maximum absolute atomic E-state index is 11.7. The first-order chi connectivity index (χ1) is 12.3. The molecule has 0 saturated carbocycles. The van der Waals surface area contributed by atoms with Gasteiger partial charge in [0.2, 0.25) is 6.41 Å². The topological polar surface area (TPSA) is 35.9 Å². The molecule has 7 heteroatoms. The van der Waals surface area contributed by atoms with E-state index < -0.39 is 0 Å². The first-order valence-corrected chi connectivity index (χ1v) is 9.19. The van der Waals surface area contributed by atoms with Crippen LogP contribution in [0.5, 0.6) is 0 Å². The Morgan fingerprint density at radius 3 is 2.46 bits per heavy atom. The number of benzene rings is 2. The van der Waals surface area contributed by atoms with Crippen LogP contribution in [0.1, 0.15) is 18.1 Å². The number of hydrogen-bond acceptors (Lipinski definition) is 2. The monoisotopic (exact) mass is 411 g/mol.